The maximum Gasteiger partial charge on any atom is 0.268 e. The molecule has 0 saturated carbocycles. The highest BCUT2D eigenvalue weighted by Gasteiger charge is 2.32. The Labute approximate surface area is 164 Å². The number of aromatic amines is 1. The Kier molecular flexibility index (Phi) is 4.26. The minimum absolute atomic E-state index is 0.0420. The van der Waals surface area contributed by atoms with E-state index >= 15 is 0 Å². The molecule has 0 radical (unpaired) electrons. The molecule has 2 N–H and O–H groups in total. The number of para-hydroxylation sites is 1. The number of amides is 2. The van der Waals surface area contributed by atoms with E-state index in [1.165, 1.54) is 5.56 Å². The average Bonchev–Trinajstić information content (AvgIpc) is 3.08. The maximum absolute atomic E-state index is 12.8. The van der Waals surface area contributed by atoms with Crippen molar-refractivity contribution in [3.8, 4) is 0 Å². The number of benzene rings is 2. The van der Waals surface area contributed by atoms with Crippen molar-refractivity contribution < 1.29 is 9.59 Å². The molecule has 1 unspecified atom stereocenters. The first-order valence-corrected chi connectivity index (χ1v) is 9.53. The lowest BCUT2D eigenvalue weighted by molar-refractivity contribution is -0.120. The lowest BCUT2D eigenvalue weighted by Crippen LogP contribution is -2.51. The second kappa shape index (κ2) is 6.51. The van der Waals surface area contributed by atoms with Crippen molar-refractivity contribution in [3.05, 3.63) is 65.4 Å². The molecule has 0 bridgehead atoms. The summed E-state index contributed by atoms with van der Waals surface area (Å²) in [5, 5.41) is 3.90. The van der Waals surface area contributed by atoms with E-state index in [-0.39, 0.29) is 17.2 Å². The number of hydrogen-bond donors (Lipinski definition) is 2. The molecule has 1 aliphatic heterocycles. The van der Waals surface area contributed by atoms with Crippen molar-refractivity contribution in [1.29, 1.82) is 0 Å². The Morgan fingerprint density at radius 1 is 1.14 bits per heavy atom. The summed E-state index contributed by atoms with van der Waals surface area (Å²) in [5.41, 5.74) is 4.60. The smallest absolute Gasteiger partial charge is 0.268 e. The summed E-state index contributed by atoms with van der Waals surface area (Å²) in [4.78, 5) is 30.3. The van der Waals surface area contributed by atoms with Crippen LogP contribution >= 0.6 is 0 Å². The quantitative estimate of drug-likeness (QED) is 0.716. The van der Waals surface area contributed by atoms with E-state index in [9.17, 15) is 9.59 Å². The van der Waals surface area contributed by atoms with E-state index in [1.54, 1.807) is 11.9 Å². The zero-order valence-electron chi connectivity index (χ0n) is 16.7. The molecule has 1 atom stereocenters. The number of H-pyrrole nitrogens is 1. The third-order valence-electron chi connectivity index (χ3n) is 5.44. The molecule has 5 heteroatoms. The molecule has 3 aromatic rings. The van der Waals surface area contributed by atoms with Crippen molar-refractivity contribution in [2.45, 2.75) is 38.6 Å². The fourth-order valence-electron chi connectivity index (χ4n) is 3.74. The minimum Gasteiger partial charge on any atom is -0.351 e. The largest absolute Gasteiger partial charge is 0.351 e. The summed E-state index contributed by atoms with van der Waals surface area (Å²) < 4.78 is 0. The average molecular weight is 375 g/mol. The van der Waals surface area contributed by atoms with Gasteiger partial charge in [-0.15, -0.1) is 0 Å². The Morgan fingerprint density at radius 2 is 1.89 bits per heavy atom. The number of likely N-dealkylation sites (N-methyl/N-ethyl adjacent to an activating group) is 1. The summed E-state index contributed by atoms with van der Waals surface area (Å²) in [7, 11) is 1.75. The Balaban J connectivity index is 1.58. The number of hydrogen-bond acceptors (Lipinski definition) is 2. The fraction of sp³-hybridized carbons (Fsp3) is 0.304. The van der Waals surface area contributed by atoms with E-state index in [4.69, 9.17) is 0 Å². The van der Waals surface area contributed by atoms with Gasteiger partial charge in [0.2, 0.25) is 5.91 Å². The molecule has 5 nitrogen and oxygen atoms in total. The van der Waals surface area contributed by atoms with Gasteiger partial charge in [-0.3, -0.25) is 9.59 Å². The number of anilines is 1. The lowest BCUT2D eigenvalue weighted by atomic mass is 9.86. The fourth-order valence-corrected chi connectivity index (χ4v) is 3.74. The zero-order chi connectivity index (χ0) is 20.1. The van der Waals surface area contributed by atoms with Crippen LogP contribution < -0.4 is 10.2 Å². The first kappa shape index (κ1) is 18.3. The highest BCUT2D eigenvalue weighted by Crippen LogP contribution is 2.28. The second-order valence-corrected chi connectivity index (χ2v) is 8.49. The van der Waals surface area contributed by atoms with Crippen LogP contribution in [-0.4, -0.2) is 29.9 Å². The molecule has 2 aromatic carbocycles. The van der Waals surface area contributed by atoms with Crippen molar-refractivity contribution >= 4 is 28.4 Å². The third-order valence-corrected chi connectivity index (χ3v) is 5.44. The van der Waals surface area contributed by atoms with Crippen molar-refractivity contribution in [3.63, 3.8) is 0 Å². The molecule has 28 heavy (non-hydrogen) atoms. The standard InChI is InChI=1S/C23H25N3O2/c1-23(2,3)16-9-10-17-15(11-16)13-18(24-17)21(27)25-19-12-14-7-5-6-8-20(14)26(4)22(19)28/h5-11,13,19,24H,12H2,1-4H3,(H,25,27). The van der Waals surface area contributed by atoms with Crippen LogP contribution in [0.5, 0.6) is 0 Å². The molecule has 4 rings (SSSR count). The predicted molar refractivity (Wildman–Crippen MR) is 112 cm³/mol. The van der Waals surface area contributed by atoms with Crippen LogP contribution in [0.4, 0.5) is 5.69 Å². The lowest BCUT2D eigenvalue weighted by Gasteiger charge is -2.31. The normalized spacial score (nSPS) is 16.9. The first-order valence-electron chi connectivity index (χ1n) is 9.53. The van der Waals surface area contributed by atoms with Gasteiger partial charge in [-0.25, -0.2) is 0 Å². The van der Waals surface area contributed by atoms with Gasteiger partial charge in [-0.1, -0.05) is 45.0 Å². The molecule has 0 fully saturated rings. The zero-order valence-corrected chi connectivity index (χ0v) is 16.7. The number of rotatable bonds is 2. The predicted octanol–water partition coefficient (Wildman–Crippen LogP) is 3.78. The van der Waals surface area contributed by atoms with Crippen LogP contribution in [0.15, 0.2) is 48.5 Å². The number of nitrogens with one attached hydrogen (secondary N) is 2. The highest BCUT2D eigenvalue weighted by molar-refractivity contribution is 6.04. The number of aromatic nitrogens is 1. The van der Waals surface area contributed by atoms with Crippen LogP contribution in [0.3, 0.4) is 0 Å². The summed E-state index contributed by atoms with van der Waals surface area (Å²) in [6.45, 7) is 6.49. The molecular formula is C23H25N3O2. The van der Waals surface area contributed by atoms with E-state index in [0.29, 0.717) is 12.1 Å². The van der Waals surface area contributed by atoms with Crippen molar-refractivity contribution in [2.24, 2.45) is 0 Å². The van der Waals surface area contributed by atoms with Gasteiger partial charge in [0.25, 0.3) is 5.91 Å². The highest BCUT2D eigenvalue weighted by atomic mass is 16.2. The summed E-state index contributed by atoms with van der Waals surface area (Å²) in [5.74, 6) is -0.363. The molecule has 144 valence electrons. The van der Waals surface area contributed by atoms with E-state index in [1.807, 2.05) is 36.4 Å². The van der Waals surface area contributed by atoms with Gasteiger partial charge in [-0.05, 0) is 40.8 Å². The second-order valence-electron chi connectivity index (χ2n) is 8.49. The Morgan fingerprint density at radius 3 is 2.64 bits per heavy atom. The van der Waals surface area contributed by atoms with E-state index < -0.39 is 6.04 Å². The first-order chi connectivity index (χ1) is 13.2. The van der Waals surface area contributed by atoms with Gasteiger partial charge >= 0.3 is 0 Å². The van der Waals surface area contributed by atoms with E-state index in [2.05, 4.69) is 43.2 Å². The van der Waals surface area contributed by atoms with Crippen LogP contribution in [0.25, 0.3) is 10.9 Å². The van der Waals surface area contributed by atoms with Gasteiger partial charge in [0.05, 0.1) is 0 Å². The summed E-state index contributed by atoms with van der Waals surface area (Å²) in [6.07, 6.45) is 0.499. The molecule has 0 aliphatic carbocycles. The van der Waals surface area contributed by atoms with Crippen LogP contribution in [0.1, 0.15) is 42.4 Å². The van der Waals surface area contributed by atoms with E-state index in [0.717, 1.165) is 22.2 Å². The molecule has 1 aliphatic rings. The number of carbonyl (C=O) groups is 2. The molecular weight excluding hydrogens is 350 g/mol. The van der Waals surface area contributed by atoms with Gasteiger partial charge < -0.3 is 15.2 Å². The number of fused-ring (bicyclic) bond motifs is 2. The summed E-state index contributed by atoms with van der Waals surface area (Å²) >= 11 is 0. The monoisotopic (exact) mass is 375 g/mol. The van der Waals surface area contributed by atoms with Crippen LogP contribution in [-0.2, 0) is 16.6 Å². The molecule has 2 heterocycles. The number of carbonyl (C=O) groups excluding carboxylic acids is 2. The van der Waals surface area contributed by atoms with Gasteiger partial charge in [0, 0.05) is 30.1 Å². The van der Waals surface area contributed by atoms with Gasteiger partial charge in [0.1, 0.15) is 11.7 Å². The van der Waals surface area contributed by atoms with Crippen LogP contribution in [0.2, 0.25) is 0 Å². The Hall–Kier alpha value is -3.08. The third kappa shape index (κ3) is 3.17. The molecule has 2 amide bonds. The Bertz CT molecular complexity index is 1070. The van der Waals surface area contributed by atoms with Gasteiger partial charge in [0.15, 0.2) is 0 Å². The molecule has 1 aromatic heterocycles. The molecule has 0 saturated heterocycles. The SMILES string of the molecule is CN1C(=O)C(NC(=O)c2cc3cc(C(C)(C)C)ccc3[nH]2)Cc2ccccc21. The topological polar surface area (TPSA) is 65.2 Å². The minimum atomic E-state index is -0.566. The van der Waals surface area contributed by atoms with Gasteiger partial charge in [-0.2, -0.15) is 0 Å². The van der Waals surface area contributed by atoms with Crippen LogP contribution in [0, 0.1) is 0 Å². The van der Waals surface area contributed by atoms with Crippen molar-refractivity contribution in [2.75, 3.05) is 11.9 Å². The number of nitrogens with zero attached hydrogens (tertiary/aromatic N) is 1. The molecule has 0 spiro atoms. The maximum atomic E-state index is 12.8. The van der Waals surface area contributed by atoms with Crippen molar-refractivity contribution in [1.82, 2.24) is 10.3 Å². The summed E-state index contributed by atoms with van der Waals surface area (Å²) in [6, 6.07) is 15.3.